The third-order valence-corrected chi connectivity index (χ3v) is 1.08. The van der Waals surface area contributed by atoms with Gasteiger partial charge in [-0.2, -0.15) is 0 Å². The van der Waals surface area contributed by atoms with Crippen LogP contribution in [0.25, 0.3) is 0 Å². The highest BCUT2D eigenvalue weighted by molar-refractivity contribution is 4.51. The maximum Gasteiger partial charge on any atom is 0.0563 e. The third-order valence-electron chi connectivity index (χ3n) is 1.08. The van der Waals surface area contributed by atoms with Gasteiger partial charge in [-0.05, 0) is 20.5 Å². The van der Waals surface area contributed by atoms with Gasteiger partial charge in [0.25, 0.3) is 0 Å². The quantitative estimate of drug-likeness (QED) is 0.506. The normalized spacial score (nSPS) is 15.0. The number of rotatable bonds is 2. The Bertz CT molecular complexity index is 43.3. The molecule has 0 bridgehead atoms. The minimum absolute atomic E-state index is 0.236. The molecular formula is C5H14N2. The lowest BCUT2D eigenvalue weighted by Gasteiger charge is -2.16. The van der Waals surface area contributed by atoms with E-state index in [1.807, 2.05) is 19.0 Å². The van der Waals surface area contributed by atoms with E-state index in [-0.39, 0.29) is 6.17 Å². The van der Waals surface area contributed by atoms with Crippen LogP contribution in [0.5, 0.6) is 0 Å². The number of nitrogens with zero attached hydrogens (tertiary/aromatic N) is 1. The molecule has 2 N–H and O–H groups in total. The van der Waals surface area contributed by atoms with Gasteiger partial charge in [0.2, 0.25) is 0 Å². The SMILES string of the molecule is CC[C@@H](N)N(C)C. The number of nitrogens with two attached hydrogens (primary N) is 1. The van der Waals surface area contributed by atoms with Crippen molar-refractivity contribution >= 4 is 0 Å². The van der Waals surface area contributed by atoms with Gasteiger partial charge < -0.3 is 5.73 Å². The van der Waals surface area contributed by atoms with Crippen molar-refractivity contribution < 1.29 is 0 Å². The van der Waals surface area contributed by atoms with E-state index >= 15 is 0 Å². The van der Waals surface area contributed by atoms with E-state index in [0.29, 0.717) is 0 Å². The first kappa shape index (κ1) is 6.92. The molecule has 0 aliphatic rings. The summed E-state index contributed by atoms with van der Waals surface area (Å²) in [5, 5.41) is 0. The molecule has 0 aliphatic carbocycles. The minimum atomic E-state index is 0.236. The summed E-state index contributed by atoms with van der Waals surface area (Å²) in [5.74, 6) is 0. The van der Waals surface area contributed by atoms with Gasteiger partial charge in [-0.1, -0.05) is 6.92 Å². The summed E-state index contributed by atoms with van der Waals surface area (Å²) in [7, 11) is 3.96. The van der Waals surface area contributed by atoms with Gasteiger partial charge in [0.15, 0.2) is 0 Å². The summed E-state index contributed by atoms with van der Waals surface area (Å²) >= 11 is 0. The molecule has 7 heavy (non-hydrogen) atoms. The fourth-order valence-corrected chi connectivity index (χ4v) is 0.365. The zero-order chi connectivity index (χ0) is 5.86. The molecule has 0 aromatic rings. The summed E-state index contributed by atoms with van der Waals surface area (Å²) in [6, 6.07) is 0. The monoisotopic (exact) mass is 102 g/mol. The summed E-state index contributed by atoms with van der Waals surface area (Å²) in [6.07, 6.45) is 1.26. The van der Waals surface area contributed by atoms with Crippen LogP contribution in [0.3, 0.4) is 0 Å². The minimum Gasteiger partial charge on any atom is -0.316 e. The van der Waals surface area contributed by atoms with E-state index in [4.69, 9.17) is 5.73 Å². The van der Waals surface area contributed by atoms with Crippen molar-refractivity contribution in [3.63, 3.8) is 0 Å². The van der Waals surface area contributed by atoms with Crippen molar-refractivity contribution in [2.24, 2.45) is 5.73 Å². The van der Waals surface area contributed by atoms with Crippen LogP contribution in [0.4, 0.5) is 0 Å². The average Bonchev–Trinajstić information content (AvgIpc) is 1.65. The second-order valence-corrected chi connectivity index (χ2v) is 1.94. The first-order valence-corrected chi connectivity index (χ1v) is 2.60. The summed E-state index contributed by atoms with van der Waals surface area (Å²) in [5.41, 5.74) is 5.54. The molecule has 1 atom stereocenters. The lowest BCUT2D eigenvalue weighted by Crippen LogP contribution is -2.35. The predicted molar refractivity (Wildman–Crippen MR) is 32.0 cm³/mol. The van der Waals surface area contributed by atoms with Crippen LogP contribution in [0.15, 0.2) is 0 Å². The molecule has 0 aromatic heterocycles. The molecule has 0 unspecified atom stereocenters. The second kappa shape index (κ2) is 2.99. The molecule has 0 aromatic carbocycles. The Hall–Kier alpha value is -0.0800. The topological polar surface area (TPSA) is 29.3 Å². The van der Waals surface area contributed by atoms with E-state index in [9.17, 15) is 0 Å². The van der Waals surface area contributed by atoms with Crippen molar-refractivity contribution in [1.29, 1.82) is 0 Å². The van der Waals surface area contributed by atoms with E-state index in [1.54, 1.807) is 0 Å². The Morgan fingerprint density at radius 1 is 1.57 bits per heavy atom. The Kier molecular flexibility index (Phi) is 2.96. The molecule has 0 rings (SSSR count). The van der Waals surface area contributed by atoms with Gasteiger partial charge >= 0.3 is 0 Å². The lowest BCUT2D eigenvalue weighted by atomic mass is 10.4. The molecule has 0 heterocycles. The Morgan fingerprint density at radius 3 is 2.00 bits per heavy atom. The van der Waals surface area contributed by atoms with Crippen LogP contribution < -0.4 is 5.73 Å². The third kappa shape index (κ3) is 2.60. The van der Waals surface area contributed by atoms with Crippen LogP contribution >= 0.6 is 0 Å². The summed E-state index contributed by atoms with van der Waals surface area (Å²) < 4.78 is 0. The highest BCUT2D eigenvalue weighted by Crippen LogP contribution is 1.86. The van der Waals surface area contributed by atoms with Gasteiger partial charge in [-0.15, -0.1) is 0 Å². The largest absolute Gasteiger partial charge is 0.316 e. The molecule has 2 nitrogen and oxygen atoms in total. The maximum atomic E-state index is 5.54. The molecule has 0 saturated heterocycles. The highest BCUT2D eigenvalue weighted by atomic mass is 15.2. The lowest BCUT2D eigenvalue weighted by molar-refractivity contribution is 0.293. The van der Waals surface area contributed by atoms with E-state index < -0.39 is 0 Å². The standard InChI is InChI=1S/C5H14N2/c1-4-5(6)7(2)3/h5H,4,6H2,1-3H3/t5-/m0/s1. The first-order chi connectivity index (χ1) is 3.18. The van der Waals surface area contributed by atoms with Gasteiger partial charge in [0, 0.05) is 0 Å². The van der Waals surface area contributed by atoms with Gasteiger partial charge in [0.1, 0.15) is 0 Å². The van der Waals surface area contributed by atoms with Gasteiger partial charge in [-0.25, -0.2) is 0 Å². The summed E-state index contributed by atoms with van der Waals surface area (Å²) in [4.78, 5) is 2.00. The van der Waals surface area contributed by atoms with E-state index in [0.717, 1.165) is 6.42 Å². The molecule has 0 amide bonds. The molecule has 0 aliphatic heterocycles. The van der Waals surface area contributed by atoms with Crippen molar-refractivity contribution in [2.45, 2.75) is 19.5 Å². The van der Waals surface area contributed by atoms with E-state index in [2.05, 4.69) is 6.92 Å². The van der Waals surface area contributed by atoms with Crippen LogP contribution in [0.1, 0.15) is 13.3 Å². The van der Waals surface area contributed by atoms with Crippen LogP contribution in [0, 0.1) is 0 Å². The molecule has 44 valence electrons. The molecule has 0 radical (unpaired) electrons. The predicted octanol–water partition coefficient (Wildman–Crippen LogP) is 0.243. The first-order valence-electron chi connectivity index (χ1n) is 2.60. The molecule has 0 fully saturated rings. The number of hydrogen-bond acceptors (Lipinski definition) is 2. The van der Waals surface area contributed by atoms with E-state index in [1.165, 1.54) is 0 Å². The number of hydrogen-bond donors (Lipinski definition) is 1. The van der Waals surface area contributed by atoms with Crippen molar-refractivity contribution in [1.82, 2.24) is 4.90 Å². The average molecular weight is 102 g/mol. The van der Waals surface area contributed by atoms with Crippen molar-refractivity contribution in [2.75, 3.05) is 14.1 Å². The second-order valence-electron chi connectivity index (χ2n) is 1.94. The molecule has 0 saturated carbocycles. The molecule has 2 heteroatoms. The van der Waals surface area contributed by atoms with Gasteiger partial charge in [0.05, 0.1) is 6.17 Å². The zero-order valence-corrected chi connectivity index (χ0v) is 5.31. The van der Waals surface area contributed by atoms with Crippen LogP contribution in [0.2, 0.25) is 0 Å². The molecule has 0 spiro atoms. The van der Waals surface area contributed by atoms with Gasteiger partial charge in [-0.3, -0.25) is 4.90 Å². The highest BCUT2D eigenvalue weighted by Gasteiger charge is 1.97. The Balaban J connectivity index is 3.14. The maximum absolute atomic E-state index is 5.54. The van der Waals surface area contributed by atoms with Crippen LogP contribution in [-0.2, 0) is 0 Å². The summed E-state index contributed by atoms with van der Waals surface area (Å²) in [6.45, 7) is 2.07. The smallest absolute Gasteiger partial charge is 0.0563 e. The van der Waals surface area contributed by atoms with Crippen molar-refractivity contribution in [3.05, 3.63) is 0 Å². The van der Waals surface area contributed by atoms with Crippen LogP contribution in [-0.4, -0.2) is 25.2 Å². The fourth-order valence-electron chi connectivity index (χ4n) is 0.365. The zero-order valence-electron chi connectivity index (χ0n) is 5.31. The van der Waals surface area contributed by atoms with Crippen molar-refractivity contribution in [3.8, 4) is 0 Å². The Morgan fingerprint density at radius 2 is 2.00 bits per heavy atom. The molecular weight excluding hydrogens is 88.1 g/mol. The Labute approximate surface area is 45.3 Å². The fraction of sp³-hybridized carbons (Fsp3) is 1.00.